The van der Waals surface area contributed by atoms with E-state index in [1.54, 1.807) is 6.07 Å². The molecule has 5 rings (SSSR count). The van der Waals surface area contributed by atoms with Crippen molar-refractivity contribution in [1.82, 2.24) is 24.7 Å². The molecule has 1 aliphatic heterocycles. The van der Waals surface area contributed by atoms with E-state index in [-0.39, 0.29) is 11.8 Å². The number of piperidine rings is 1. The van der Waals surface area contributed by atoms with Crippen LogP contribution in [0.15, 0.2) is 65.3 Å². The Morgan fingerprint density at radius 2 is 1.93 bits per heavy atom. The van der Waals surface area contributed by atoms with Gasteiger partial charge in [0.1, 0.15) is 5.82 Å². The fraction of sp³-hybridized carbons (Fsp3) is 0.238. The number of likely N-dealkylation sites (tertiary alicyclic amines) is 1. The standard InChI is InChI=1S/C21H19N5O2/c27-21(17-13-18(28-24-17)15-7-2-1-3-8-15)25-11-6-9-16(14-25)20-23-22-19-10-4-5-12-26(19)20/h1-5,7-8,10,12-13,16H,6,9,11,14H2. The van der Waals surface area contributed by atoms with Crippen LogP contribution >= 0.6 is 0 Å². The Hall–Kier alpha value is -3.48. The lowest BCUT2D eigenvalue weighted by Gasteiger charge is -2.31. The third-order valence-electron chi connectivity index (χ3n) is 5.20. The number of fused-ring (bicyclic) bond motifs is 1. The first kappa shape index (κ1) is 16.7. The van der Waals surface area contributed by atoms with Gasteiger partial charge in [-0.3, -0.25) is 9.20 Å². The van der Waals surface area contributed by atoms with Crippen LogP contribution in [0.25, 0.3) is 17.0 Å². The monoisotopic (exact) mass is 373 g/mol. The number of pyridine rings is 1. The summed E-state index contributed by atoms with van der Waals surface area (Å²) in [4.78, 5) is 14.8. The number of benzene rings is 1. The molecule has 0 N–H and O–H groups in total. The van der Waals surface area contributed by atoms with Crippen LogP contribution in [-0.4, -0.2) is 43.7 Å². The normalized spacial score (nSPS) is 17.1. The summed E-state index contributed by atoms with van der Waals surface area (Å²) in [5.74, 6) is 1.54. The topological polar surface area (TPSA) is 76.5 Å². The number of nitrogens with zero attached hydrogens (tertiary/aromatic N) is 5. The summed E-state index contributed by atoms with van der Waals surface area (Å²) in [6, 6.07) is 17.2. The first-order chi connectivity index (χ1) is 13.8. The minimum absolute atomic E-state index is 0.107. The van der Waals surface area contributed by atoms with Gasteiger partial charge in [0.05, 0.1) is 0 Å². The molecule has 4 heterocycles. The second-order valence-corrected chi connectivity index (χ2v) is 7.02. The van der Waals surface area contributed by atoms with Crippen molar-refractivity contribution in [2.45, 2.75) is 18.8 Å². The van der Waals surface area contributed by atoms with Crippen LogP contribution in [0.3, 0.4) is 0 Å². The molecule has 28 heavy (non-hydrogen) atoms. The van der Waals surface area contributed by atoms with Gasteiger partial charge >= 0.3 is 0 Å². The van der Waals surface area contributed by atoms with Gasteiger partial charge in [0, 0.05) is 36.8 Å². The van der Waals surface area contributed by atoms with E-state index in [4.69, 9.17) is 4.52 Å². The average molecular weight is 373 g/mol. The van der Waals surface area contributed by atoms with Gasteiger partial charge in [0.15, 0.2) is 17.1 Å². The van der Waals surface area contributed by atoms with E-state index in [9.17, 15) is 4.79 Å². The number of aromatic nitrogens is 4. The first-order valence-electron chi connectivity index (χ1n) is 9.40. The molecular weight excluding hydrogens is 354 g/mol. The van der Waals surface area contributed by atoms with Crippen LogP contribution in [-0.2, 0) is 0 Å². The van der Waals surface area contributed by atoms with Crippen molar-refractivity contribution in [3.63, 3.8) is 0 Å². The number of amides is 1. The van der Waals surface area contributed by atoms with Crippen molar-refractivity contribution >= 4 is 11.6 Å². The molecule has 7 nitrogen and oxygen atoms in total. The third-order valence-corrected chi connectivity index (χ3v) is 5.20. The second kappa shape index (κ2) is 6.92. The zero-order valence-corrected chi connectivity index (χ0v) is 15.2. The van der Waals surface area contributed by atoms with Crippen LogP contribution in [0.4, 0.5) is 0 Å². The molecule has 0 saturated carbocycles. The largest absolute Gasteiger partial charge is 0.355 e. The molecule has 1 fully saturated rings. The van der Waals surface area contributed by atoms with Crippen molar-refractivity contribution in [2.75, 3.05) is 13.1 Å². The molecule has 0 bridgehead atoms. The molecule has 1 aliphatic rings. The third kappa shape index (κ3) is 2.94. The highest BCUT2D eigenvalue weighted by molar-refractivity contribution is 5.93. The predicted molar refractivity (Wildman–Crippen MR) is 103 cm³/mol. The molecule has 3 aromatic heterocycles. The minimum Gasteiger partial charge on any atom is -0.355 e. The fourth-order valence-electron chi connectivity index (χ4n) is 3.79. The summed E-state index contributed by atoms with van der Waals surface area (Å²) in [7, 11) is 0. The van der Waals surface area contributed by atoms with Crippen LogP contribution in [0.2, 0.25) is 0 Å². The predicted octanol–water partition coefficient (Wildman–Crippen LogP) is 3.40. The lowest BCUT2D eigenvalue weighted by atomic mass is 9.97. The zero-order chi connectivity index (χ0) is 18.9. The molecular formula is C21H19N5O2. The highest BCUT2D eigenvalue weighted by Gasteiger charge is 2.29. The Morgan fingerprint density at radius 1 is 1.07 bits per heavy atom. The summed E-state index contributed by atoms with van der Waals surface area (Å²) in [6.45, 7) is 1.31. The average Bonchev–Trinajstić information content (AvgIpc) is 3.42. The maximum atomic E-state index is 13.0. The molecule has 140 valence electrons. The Kier molecular flexibility index (Phi) is 4.12. The lowest BCUT2D eigenvalue weighted by Crippen LogP contribution is -2.39. The van der Waals surface area contributed by atoms with Gasteiger partial charge in [0.2, 0.25) is 0 Å². The molecule has 4 aromatic rings. The van der Waals surface area contributed by atoms with E-state index in [0.717, 1.165) is 29.9 Å². The Labute approximate surface area is 161 Å². The van der Waals surface area contributed by atoms with Crippen molar-refractivity contribution in [3.05, 3.63) is 72.3 Å². The van der Waals surface area contributed by atoms with Crippen molar-refractivity contribution in [1.29, 1.82) is 0 Å². The van der Waals surface area contributed by atoms with E-state index in [1.165, 1.54) is 0 Å². The number of rotatable bonds is 3. The molecule has 0 spiro atoms. The molecule has 1 aromatic carbocycles. The minimum atomic E-state index is -0.107. The summed E-state index contributed by atoms with van der Waals surface area (Å²) in [5, 5.41) is 12.6. The quantitative estimate of drug-likeness (QED) is 0.550. The smallest absolute Gasteiger partial charge is 0.276 e. The highest BCUT2D eigenvalue weighted by Crippen LogP contribution is 2.27. The maximum Gasteiger partial charge on any atom is 0.276 e. The van der Waals surface area contributed by atoms with Crippen molar-refractivity contribution in [3.8, 4) is 11.3 Å². The van der Waals surface area contributed by atoms with Gasteiger partial charge in [0.25, 0.3) is 5.91 Å². The van der Waals surface area contributed by atoms with Crippen LogP contribution in [0.5, 0.6) is 0 Å². The van der Waals surface area contributed by atoms with Gasteiger partial charge in [-0.25, -0.2) is 0 Å². The molecule has 1 atom stereocenters. The van der Waals surface area contributed by atoms with E-state index in [2.05, 4.69) is 15.4 Å². The number of carbonyl (C=O) groups excluding carboxylic acids is 1. The van der Waals surface area contributed by atoms with E-state index >= 15 is 0 Å². The Balaban J connectivity index is 1.36. The van der Waals surface area contributed by atoms with Crippen LogP contribution in [0.1, 0.15) is 35.1 Å². The Morgan fingerprint density at radius 3 is 2.82 bits per heavy atom. The SMILES string of the molecule is O=C(c1cc(-c2ccccc2)on1)N1CCCC(c2nnc3ccccn23)C1. The van der Waals surface area contributed by atoms with Crippen molar-refractivity contribution in [2.24, 2.45) is 0 Å². The maximum absolute atomic E-state index is 13.0. The van der Waals surface area contributed by atoms with Gasteiger partial charge in [-0.15, -0.1) is 10.2 Å². The van der Waals surface area contributed by atoms with Crippen LogP contribution < -0.4 is 0 Å². The van der Waals surface area contributed by atoms with Crippen molar-refractivity contribution < 1.29 is 9.32 Å². The molecule has 0 aliphatic carbocycles. The zero-order valence-electron chi connectivity index (χ0n) is 15.2. The second-order valence-electron chi connectivity index (χ2n) is 7.02. The lowest BCUT2D eigenvalue weighted by molar-refractivity contribution is 0.0693. The van der Waals surface area contributed by atoms with Gasteiger partial charge in [-0.2, -0.15) is 0 Å². The summed E-state index contributed by atoms with van der Waals surface area (Å²) < 4.78 is 7.40. The summed E-state index contributed by atoms with van der Waals surface area (Å²) in [6.07, 6.45) is 3.87. The number of carbonyl (C=O) groups is 1. The van der Waals surface area contributed by atoms with Crippen LogP contribution in [0, 0.1) is 0 Å². The fourth-order valence-corrected chi connectivity index (χ4v) is 3.79. The summed E-state index contributed by atoms with van der Waals surface area (Å²) in [5.41, 5.74) is 2.07. The first-order valence-corrected chi connectivity index (χ1v) is 9.40. The molecule has 7 heteroatoms. The van der Waals surface area contributed by atoms with Gasteiger partial charge in [-0.1, -0.05) is 41.6 Å². The number of hydrogen-bond acceptors (Lipinski definition) is 5. The Bertz CT molecular complexity index is 1120. The van der Waals surface area contributed by atoms with E-state index < -0.39 is 0 Å². The van der Waals surface area contributed by atoms with E-state index in [0.29, 0.717) is 24.5 Å². The number of hydrogen-bond donors (Lipinski definition) is 0. The van der Waals surface area contributed by atoms with Gasteiger partial charge in [-0.05, 0) is 25.0 Å². The van der Waals surface area contributed by atoms with Gasteiger partial charge < -0.3 is 9.42 Å². The highest BCUT2D eigenvalue weighted by atomic mass is 16.5. The molecule has 1 amide bonds. The summed E-state index contributed by atoms with van der Waals surface area (Å²) >= 11 is 0. The van der Waals surface area contributed by atoms with E-state index in [1.807, 2.05) is 64.0 Å². The molecule has 0 radical (unpaired) electrons. The molecule has 1 unspecified atom stereocenters. The molecule has 1 saturated heterocycles.